The molecule has 2 aliphatic heterocycles. The summed E-state index contributed by atoms with van der Waals surface area (Å²) in [7, 11) is 0. The molecular weight excluding hydrogens is 314 g/mol. The second-order valence-electron chi connectivity index (χ2n) is 5.65. The lowest BCUT2D eigenvalue weighted by atomic mass is 9.99. The predicted octanol–water partition coefficient (Wildman–Crippen LogP) is 1.19. The van der Waals surface area contributed by atoms with Gasteiger partial charge < -0.3 is 5.32 Å². The Kier molecular flexibility index (Phi) is 3.33. The molecule has 1 atom stereocenters. The monoisotopic (exact) mass is 329 g/mol. The van der Waals surface area contributed by atoms with Crippen LogP contribution in [0.5, 0.6) is 0 Å². The third kappa shape index (κ3) is 2.39. The number of para-hydroxylation sites is 1. The van der Waals surface area contributed by atoms with Crippen molar-refractivity contribution in [2.24, 2.45) is 0 Å². The minimum Gasteiger partial charge on any atom is -0.322 e. The molecule has 2 fully saturated rings. The molecule has 4 rings (SSSR count). The molecule has 1 spiro atoms. The quantitative estimate of drug-likeness (QED) is 0.856. The summed E-state index contributed by atoms with van der Waals surface area (Å²) in [4.78, 5) is 30.2. The standard InChI is InChI=1S/C15H15N5O2S/c21-13-15(6-7-23-9-15)17-14(22)19(13)8-12-16-10-20(18-12)11-4-2-1-3-5-11/h1-5,10H,6-9H2,(H,17,22)/t15-/m0/s1. The summed E-state index contributed by atoms with van der Waals surface area (Å²) in [6.07, 6.45) is 2.27. The second-order valence-corrected chi connectivity index (χ2v) is 6.75. The summed E-state index contributed by atoms with van der Waals surface area (Å²) >= 11 is 1.69. The van der Waals surface area contributed by atoms with Crippen LogP contribution in [0.25, 0.3) is 5.69 Å². The Labute approximate surface area is 137 Å². The van der Waals surface area contributed by atoms with Gasteiger partial charge in [-0.3, -0.25) is 9.69 Å². The van der Waals surface area contributed by atoms with Crippen molar-refractivity contribution in [2.45, 2.75) is 18.5 Å². The van der Waals surface area contributed by atoms with Crippen LogP contribution in [-0.4, -0.2) is 48.6 Å². The first-order valence-electron chi connectivity index (χ1n) is 7.36. The SMILES string of the molecule is O=C1N[C@]2(CCSC2)C(=O)N1Cc1ncn(-c2ccccc2)n1. The molecule has 1 aromatic carbocycles. The Balaban J connectivity index is 1.54. The highest BCUT2D eigenvalue weighted by Gasteiger charge is 2.53. The number of rotatable bonds is 3. The minimum absolute atomic E-state index is 0.0942. The molecule has 0 unspecified atom stereocenters. The fraction of sp³-hybridized carbons (Fsp3) is 0.333. The molecule has 3 heterocycles. The summed E-state index contributed by atoms with van der Waals surface area (Å²) in [5, 5.41) is 7.20. The Morgan fingerprint density at radius 1 is 1.26 bits per heavy atom. The Morgan fingerprint density at radius 2 is 2.09 bits per heavy atom. The van der Waals surface area contributed by atoms with Crippen LogP contribution < -0.4 is 5.32 Å². The lowest BCUT2D eigenvalue weighted by Gasteiger charge is -2.18. The van der Waals surface area contributed by atoms with E-state index in [1.807, 2.05) is 30.3 Å². The first-order chi connectivity index (χ1) is 11.2. The van der Waals surface area contributed by atoms with E-state index in [4.69, 9.17) is 0 Å². The van der Waals surface area contributed by atoms with Crippen LogP contribution in [0.2, 0.25) is 0 Å². The molecule has 0 radical (unpaired) electrons. The number of urea groups is 1. The third-order valence-electron chi connectivity index (χ3n) is 4.13. The van der Waals surface area contributed by atoms with Gasteiger partial charge in [-0.1, -0.05) is 18.2 Å². The first-order valence-corrected chi connectivity index (χ1v) is 8.51. The van der Waals surface area contributed by atoms with Gasteiger partial charge in [-0.25, -0.2) is 14.5 Å². The normalized spacial score (nSPS) is 23.7. The smallest absolute Gasteiger partial charge is 0.322 e. The van der Waals surface area contributed by atoms with Gasteiger partial charge in [0, 0.05) is 5.75 Å². The molecule has 2 saturated heterocycles. The van der Waals surface area contributed by atoms with Crippen molar-refractivity contribution >= 4 is 23.7 Å². The molecule has 0 bridgehead atoms. The zero-order valence-corrected chi connectivity index (χ0v) is 13.1. The van der Waals surface area contributed by atoms with E-state index in [9.17, 15) is 9.59 Å². The minimum atomic E-state index is -0.719. The van der Waals surface area contributed by atoms with Gasteiger partial charge >= 0.3 is 6.03 Å². The topological polar surface area (TPSA) is 80.1 Å². The molecule has 2 aliphatic rings. The van der Waals surface area contributed by atoms with Crippen LogP contribution >= 0.6 is 11.8 Å². The van der Waals surface area contributed by atoms with E-state index in [2.05, 4.69) is 15.4 Å². The van der Waals surface area contributed by atoms with Crippen LogP contribution in [0.4, 0.5) is 4.79 Å². The highest BCUT2D eigenvalue weighted by Crippen LogP contribution is 2.33. The molecule has 118 valence electrons. The molecule has 7 nitrogen and oxygen atoms in total. The number of nitrogens with one attached hydrogen (secondary N) is 1. The van der Waals surface area contributed by atoms with Crippen molar-refractivity contribution in [2.75, 3.05) is 11.5 Å². The van der Waals surface area contributed by atoms with E-state index in [-0.39, 0.29) is 18.5 Å². The van der Waals surface area contributed by atoms with Crippen molar-refractivity contribution in [3.63, 3.8) is 0 Å². The lowest BCUT2D eigenvalue weighted by molar-refractivity contribution is -0.130. The van der Waals surface area contributed by atoms with E-state index >= 15 is 0 Å². The van der Waals surface area contributed by atoms with Crippen LogP contribution in [0, 0.1) is 0 Å². The fourth-order valence-electron chi connectivity index (χ4n) is 2.87. The van der Waals surface area contributed by atoms with Gasteiger partial charge in [-0.2, -0.15) is 11.8 Å². The van der Waals surface area contributed by atoms with Crippen molar-refractivity contribution in [3.8, 4) is 5.69 Å². The number of hydrogen-bond acceptors (Lipinski definition) is 5. The number of carbonyl (C=O) groups is 2. The molecular formula is C15H15N5O2S. The average molecular weight is 329 g/mol. The van der Waals surface area contributed by atoms with Gasteiger partial charge in [0.15, 0.2) is 5.82 Å². The summed E-state index contributed by atoms with van der Waals surface area (Å²) in [6.45, 7) is 0.0942. The molecule has 1 aromatic heterocycles. The molecule has 3 amide bonds. The summed E-state index contributed by atoms with van der Waals surface area (Å²) < 4.78 is 1.63. The summed E-state index contributed by atoms with van der Waals surface area (Å²) in [5.41, 5.74) is 0.163. The predicted molar refractivity (Wildman–Crippen MR) is 85.1 cm³/mol. The van der Waals surface area contributed by atoms with Crippen LogP contribution in [0.1, 0.15) is 12.2 Å². The van der Waals surface area contributed by atoms with Gasteiger partial charge in [0.05, 0.1) is 12.2 Å². The van der Waals surface area contributed by atoms with Crippen molar-refractivity contribution < 1.29 is 9.59 Å². The number of amides is 3. The van der Waals surface area contributed by atoms with Crippen molar-refractivity contribution in [3.05, 3.63) is 42.5 Å². The van der Waals surface area contributed by atoms with Gasteiger partial charge in [-0.15, -0.1) is 5.10 Å². The first kappa shape index (κ1) is 14.3. The third-order valence-corrected chi connectivity index (χ3v) is 5.32. The molecule has 1 N–H and O–H groups in total. The van der Waals surface area contributed by atoms with Gasteiger partial charge in [0.1, 0.15) is 11.9 Å². The second kappa shape index (κ2) is 5.38. The summed E-state index contributed by atoms with van der Waals surface area (Å²) in [6, 6.07) is 9.22. The number of benzene rings is 1. The highest BCUT2D eigenvalue weighted by molar-refractivity contribution is 7.99. The van der Waals surface area contributed by atoms with Gasteiger partial charge in [0.2, 0.25) is 0 Å². The number of thioether (sulfide) groups is 1. The lowest BCUT2D eigenvalue weighted by Crippen LogP contribution is -2.46. The molecule has 0 aliphatic carbocycles. The highest BCUT2D eigenvalue weighted by atomic mass is 32.2. The number of imide groups is 1. The number of carbonyl (C=O) groups excluding carboxylic acids is 2. The Bertz CT molecular complexity index is 754. The molecule has 2 aromatic rings. The maximum absolute atomic E-state index is 12.6. The van der Waals surface area contributed by atoms with E-state index in [1.165, 1.54) is 4.90 Å². The number of nitrogens with zero attached hydrogens (tertiary/aromatic N) is 4. The van der Waals surface area contributed by atoms with Crippen LogP contribution in [0.3, 0.4) is 0 Å². The van der Waals surface area contributed by atoms with Crippen molar-refractivity contribution in [1.82, 2.24) is 25.0 Å². The largest absolute Gasteiger partial charge is 0.325 e. The van der Waals surface area contributed by atoms with Gasteiger partial charge in [-0.05, 0) is 24.3 Å². The summed E-state index contributed by atoms with van der Waals surface area (Å²) in [5.74, 6) is 1.81. The maximum atomic E-state index is 12.6. The maximum Gasteiger partial charge on any atom is 0.325 e. The van der Waals surface area contributed by atoms with E-state index < -0.39 is 5.54 Å². The average Bonchev–Trinajstić information content (AvgIpc) is 3.27. The number of aromatic nitrogens is 3. The van der Waals surface area contributed by atoms with Crippen LogP contribution in [0.15, 0.2) is 36.7 Å². The Hall–Kier alpha value is -2.35. The zero-order valence-electron chi connectivity index (χ0n) is 12.3. The van der Waals surface area contributed by atoms with Crippen LogP contribution in [-0.2, 0) is 11.3 Å². The van der Waals surface area contributed by atoms with Gasteiger partial charge in [0.25, 0.3) is 5.91 Å². The molecule has 0 saturated carbocycles. The zero-order chi connectivity index (χ0) is 15.9. The molecule has 23 heavy (non-hydrogen) atoms. The van der Waals surface area contributed by atoms with Crippen molar-refractivity contribution in [1.29, 1.82) is 0 Å². The van der Waals surface area contributed by atoms with E-state index in [0.717, 1.165) is 11.4 Å². The number of hydrogen-bond donors (Lipinski definition) is 1. The fourth-order valence-corrected chi connectivity index (χ4v) is 4.19. The Morgan fingerprint density at radius 3 is 2.83 bits per heavy atom. The van der Waals surface area contributed by atoms with E-state index in [1.54, 1.807) is 22.8 Å². The molecule has 8 heteroatoms. The van der Waals surface area contributed by atoms with E-state index in [0.29, 0.717) is 18.0 Å².